The van der Waals surface area contributed by atoms with Crippen molar-refractivity contribution < 1.29 is 19.4 Å². The summed E-state index contributed by atoms with van der Waals surface area (Å²) in [7, 11) is 0. The summed E-state index contributed by atoms with van der Waals surface area (Å²) in [6.45, 7) is 5.79. The number of amides is 1. The molecule has 0 saturated carbocycles. The summed E-state index contributed by atoms with van der Waals surface area (Å²) in [6.07, 6.45) is 6.82. The van der Waals surface area contributed by atoms with Crippen LogP contribution >= 0.6 is 0 Å². The van der Waals surface area contributed by atoms with Crippen molar-refractivity contribution in [3.8, 4) is 16.9 Å². The summed E-state index contributed by atoms with van der Waals surface area (Å²) >= 11 is 0. The van der Waals surface area contributed by atoms with E-state index in [2.05, 4.69) is 36.4 Å². The highest BCUT2D eigenvalue weighted by Gasteiger charge is 2.24. The molecule has 2 N–H and O–H groups in total. The maximum absolute atomic E-state index is 13.3. The monoisotopic (exact) mass is 552 g/mol. The van der Waals surface area contributed by atoms with Gasteiger partial charge in [-0.2, -0.15) is 5.10 Å². The molecule has 3 aromatic carbocycles. The molecular weight excluding hydrogens is 516 g/mol. The number of anilines is 2. The number of carboxylic acids is 1. The van der Waals surface area contributed by atoms with Crippen LogP contribution in [-0.2, 0) is 22.6 Å². The number of fused-ring (bicyclic) bond motifs is 1. The molecule has 0 atom stereocenters. The topological polar surface area (TPSA) is 96.7 Å². The Balaban J connectivity index is 1.24. The van der Waals surface area contributed by atoms with Crippen molar-refractivity contribution in [2.75, 3.05) is 29.9 Å². The lowest BCUT2D eigenvalue weighted by atomic mass is 9.93. The number of hydrogen-bond donors (Lipinski definition) is 2. The van der Waals surface area contributed by atoms with Crippen LogP contribution in [0.15, 0.2) is 73.1 Å². The minimum atomic E-state index is -0.902. The first-order valence-electron chi connectivity index (χ1n) is 14.1. The van der Waals surface area contributed by atoms with E-state index in [1.54, 1.807) is 0 Å². The van der Waals surface area contributed by atoms with Crippen LogP contribution in [0, 0.1) is 13.8 Å². The SMILES string of the molecule is Cc1cccc(OCCCC(=O)N2CCCc3c(-c4cnn(Cc5cccc(NCC(=O)O)c5)c4)cccc32)c1C. The Morgan fingerprint density at radius 2 is 1.90 bits per heavy atom. The van der Waals surface area contributed by atoms with E-state index in [9.17, 15) is 9.59 Å². The molecule has 0 bridgehead atoms. The molecular formula is C33H36N4O4. The average molecular weight is 553 g/mol. The van der Waals surface area contributed by atoms with E-state index in [1.165, 1.54) is 11.1 Å². The largest absolute Gasteiger partial charge is 0.493 e. The van der Waals surface area contributed by atoms with Crippen molar-refractivity contribution in [1.29, 1.82) is 0 Å². The second-order valence-electron chi connectivity index (χ2n) is 10.5. The number of ether oxygens (including phenoxy) is 1. The van der Waals surface area contributed by atoms with E-state index in [1.807, 2.05) is 70.5 Å². The molecule has 0 saturated heterocycles. The summed E-state index contributed by atoms with van der Waals surface area (Å²) in [5.74, 6) is 0.106. The van der Waals surface area contributed by atoms with Gasteiger partial charge in [-0.15, -0.1) is 0 Å². The van der Waals surface area contributed by atoms with Gasteiger partial charge < -0.3 is 20.1 Å². The van der Waals surface area contributed by atoms with Crippen LogP contribution in [0.2, 0.25) is 0 Å². The van der Waals surface area contributed by atoms with E-state index in [4.69, 9.17) is 9.84 Å². The molecule has 8 nitrogen and oxygen atoms in total. The van der Waals surface area contributed by atoms with Gasteiger partial charge in [-0.25, -0.2) is 0 Å². The highest BCUT2D eigenvalue weighted by Crippen LogP contribution is 2.36. The van der Waals surface area contributed by atoms with E-state index >= 15 is 0 Å². The number of nitrogens with one attached hydrogen (secondary N) is 1. The molecule has 212 valence electrons. The van der Waals surface area contributed by atoms with Crippen molar-refractivity contribution in [3.05, 3.63) is 95.3 Å². The molecule has 5 rings (SSSR count). The lowest BCUT2D eigenvalue weighted by molar-refractivity contribution is -0.135. The fourth-order valence-electron chi connectivity index (χ4n) is 5.31. The van der Waals surface area contributed by atoms with E-state index in [0.29, 0.717) is 26.0 Å². The smallest absolute Gasteiger partial charge is 0.322 e. The van der Waals surface area contributed by atoms with E-state index in [-0.39, 0.29) is 12.5 Å². The first-order chi connectivity index (χ1) is 19.9. The highest BCUT2D eigenvalue weighted by molar-refractivity contribution is 5.96. The Kier molecular flexibility index (Phi) is 8.67. The van der Waals surface area contributed by atoms with E-state index in [0.717, 1.165) is 58.8 Å². The van der Waals surface area contributed by atoms with Gasteiger partial charge in [-0.1, -0.05) is 36.4 Å². The number of carboxylic acid groups (broad SMARTS) is 1. The lowest BCUT2D eigenvalue weighted by Gasteiger charge is -2.31. The quantitative estimate of drug-likeness (QED) is 0.227. The molecule has 0 radical (unpaired) electrons. The molecule has 41 heavy (non-hydrogen) atoms. The van der Waals surface area contributed by atoms with Crippen LogP contribution in [0.4, 0.5) is 11.4 Å². The van der Waals surface area contributed by atoms with Crippen LogP contribution in [0.3, 0.4) is 0 Å². The lowest BCUT2D eigenvalue weighted by Crippen LogP contribution is -2.35. The first kappa shape index (κ1) is 28.0. The zero-order valence-corrected chi connectivity index (χ0v) is 23.6. The van der Waals surface area contributed by atoms with Crippen LogP contribution in [0.25, 0.3) is 11.1 Å². The number of hydrogen-bond acceptors (Lipinski definition) is 5. The minimum absolute atomic E-state index is 0.125. The van der Waals surface area contributed by atoms with Crippen molar-refractivity contribution in [3.63, 3.8) is 0 Å². The minimum Gasteiger partial charge on any atom is -0.493 e. The number of aryl methyl sites for hydroxylation is 1. The Morgan fingerprint density at radius 3 is 2.76 bits per heavy atom. The molecule has 1 aliphatic rings. The predicted octanol–water partition coefficient (Wildman–Crippen LogP) is 5.85. The third-order valence-corrected chi connectivity index (χ3v) is 7.56. The summed E-state index contributed by atoms with van der Waals surface area (Å²) in [6, 6.07) is 19.9. The van der Waals surface area contributed by atoms with Crippen molar-refractivity contribution in [2.24, 2.45) is 0 Å². The second kappa shape index (κ2) is 12.7. The predicted molar refractivity (Wildman–Crippen MR) is 161 cm³/mol. The number of carbonyl (C=O) groups excluding carboxylic acids is 1. The number of rotatable bonds is 11. The number of benzene rings is 3. The Hall–Kier alpha value is -4.59. The maximum atomic E-state index is 13.3. The van der Waals surface area contributed by atoms with Crippen LogP contribution in [-0.4, -0.2) is 46.5 Å². The summed E-state index contributed by atoms with van der Waals surface area (Å²) < 4.78 is 7.85. The molecule has 0 aliphatic carbocycles. The van der Waals surface area contributed by atoms with Gasteiger partial charge in [0.1, 0.15) is 12.3 Å². The Labute approximate surface area is 240 Å². The first-order valence-corrected chi connectivity index (χ1v) is 14.1. The highest BCUT2D eigenvalue weighted by atomic mass is 16.5. The molecule has 2 heterocycles. The Bertz CT molecular complexity index is 1540. The third kappa shape index (κ3) is 6.77. The number of carbonyl (C=O) groups is 2. The molecule has 1 aliphatic heterocycles. The van der Waals surface area contributed by atoms with Gasteiger partial charge in [-0.05, 0) is 85.2 Å². The molecule has 4 aromatic rings. The van der Waals surface area contributed by atoms with Gasteiger partial charge in [-0.3, -0.25) is 14.3 Å². The molecule has 0 spiro atoms. The van der Waals surface area contributed by atoms with Crippen LogP contribution < -0.4 is 15.0 Å². The maximum Gasteiger partial charge on any atom is 0.322 e. The zero-order valence-electron chi connectivity index (χ0n) is 23.6. The number of aromatic nitrogens is 2. The second-order valence-corrected chi connectivity index (χ2v) is 10.5. The summed E-state index contributed by atoms with van der Waals surface area (Å²) in [5.41, 5.74) is 8.39. The summed E-state index contributed by atoms with van der Waals surface area (Å²) in [4.78, 5) is 26.1. The fraction of sp³-hybridized carbons (Fsp3) is 0.303. The van der Waals surface area contributed by atoms with Gasteiger partial charge >= 0.3 is 5.97 Å². The van der Waals surface area contributed by atoms with E-state index < -0.39 is 5.97 Å². The molecule has 0 fully saturated rings. The van der Waals surface area contributed by atoms with Gasteiger partial charge in [0, 0.05) is 36.1 Å². The molecule has 1 aromatic heterocycles. The zero-order chi connectivity index (χ0) is 28.8. The van der Waals surface area contributed by atoms with Crippen molar-refractivity contribution in [2.45, 2.75) is 46.1 Å². The molecule has 0 unspecified atom stereocenters. The normalized spacial score (nSPS) is 12.6. The number of nitrogens with zero attached hydrogens (tertiary/aromatic N) is 3. The van der Waals surface area contributed by atoms with Gasteiger partial charge in [0.25, 0.3) is 0 Å². The van der Waals surface area contributed by atoms with Crippen LogP contribution in [0.1, 0.15) is 41.5 Å². The fourth-order valence-corrected chi connectivity index (χ4v) is 5.31. The molecule has 1 amide bonds. The number of aliphatic carboxylic acids is 1. The van der Waals surface area contributed by atoms with Gasteiger partial charge in [0.05, 0.1) is 19.3 Å². The average Bonchev–Trinajstić information content (AvgIpc) is 3.44. The van der Waals surface area contributed by atoms with Crippen molar-refractivity contribution in [1.82, 2.24) is 9.78 Å². The molecule has 8 heteroatoms. The third-order valence-electron chi connectivity index (χ3n) is 7.56. The van der Waals surface area contributed by atoms with Gasteiger partial charge in [0.2, 0.25) is 5.91 Å². The van der Waals surface area contributed by atoms with Crippen LogP contribution in [0.5, 0.6) is 5.75 Å². The summed E-state index contributed by atoms with van der Waals surface area (Å²) in [5, 5.41) is 16.4. The Morgan fingerprint density at radius 1 is 1.07 bits per heavy atom. The van der Waals surface area contributed by atoms with Crippen molar-refractivity contribution >= 4 is 23.3 Å². The standard InChI is InChI=1S/C33H36N4O4/c1-23-8-3-14-31(24(23)2)41-17-7-15-32(38)37-16-6-12-29-28(11-5-13-30(29)37)26-19-35-36(22-26)21-25-9-4-10-27(18-25)34-20-33(39)40/h3-5,8-11,13-14,18-19,22,34H,6-7,12,15-17,20-21H2,1-2H3,(H,39,40). The van der Waals surface area contributed by atoms with Gasteiger partial charge in [0.15, 0.2) is 0 Å².